The van der Waals surface area contributed by atoms with Gasteiger partial charge in [0.05, 0.1) is 18.5 Å². The summed E-state index contributed by atoms with van der Waals surface area (Å²) in [5.74, 6) is -0.0207. The van der Waals surface area contributed by atoms with E-state index in [-0.39, 0.29) is 22.2 Å². The summed E-state index contributed by atoms with van der Waals surface area (Å²) in [5.41, 5.74) is 6.19. The van der Waals surface area contributed by atoms with Crippen LogP contribution in [0.15, 0.2) is 59.5 Å². The summed E-state index contributed by atoms with van der Waals surface area (Å²) in [5, 5.41) is 14.1. The quantitative estimate of drug-likeness (QED) is 0.439. The zero-order valence-corrected chi connectivity index (χ0v) is 17.5. The largest absolute Gasteiger partial charge is 0.490 e. The van der Waals surface area contributed by atoms with Crippen LogP contribution >= 0.6 is 11.6 Å². The van der Waals surface area contributed by atoms with Gasteiger partial charge in [-0.2, -0.15) is 25.2 Å². The number of carbonyl (C=O) groups excluding carboxylic acids is 1. The van der Waals surface area contributed by atoms with E-state index >= 15 is 0 Å². The third-order valence-electron chi connectivity index (χ3n) is 4.41. The molecule has 0 unspecified atom stereocenters. The Morgan fingerprint density at radius 1 is 1.12 bits per heavy atom. The van der Waals surface area contributed by atoms with Crippen molar-refractivity contribution in [2.75, 3.05) is 6.61 Å². The van der Waals surface area contributed by atoms with E-state index in [4.69, 9.17) is 26.8 Å². The molecule has 11 heteroatoms. The van der Waals surface area contributed by atoms with E-state index in [9.17, 15) is 9.59 Å². The highest BCUT2D eigenvalue weighted by Crippen LogP contribution is 2.37. The van der Waals surface area contributed by atoms with Crippen LogP contribution in [-0.4, -0.2) is 37.7 Å². The Morgan fingerprint density at radius 3 is 2.62 bits per heavy atom. The molecule has 0 fully saturated rings. The molecule has 0 aliphatic carbocycles. The Balaban J connectivity index is 1.70. The molecular formula is C21H17ClN6O4. The van der Waals surface area contributed by atoms with Gasteiger partial charge in [0.1, 0.15) is 5.69 Å². The number of nitrogens with two attached hydrogens (primary N) is 1. The average Bonchev–Trinajstić information content (AvgIpc) is 3.29. The van der Waals surface area contributed by atoms with Gasteiger partial charge < -0.3 is 15.2 Å². The van der Waals surface area contributed by atoms with Gasteiger partial charge in [-0.1, -0.05) is 29.8 Å². The van der Waals surface area contributed by atoms with Crippen LogP contribution in [0.4, 0.5) is 0 Å². The predicted octanol–water partition coefficient (Wildman–Crippen LogP) is 2.96. The number of nitrogens with one attached hydrogen (secondary N) is 1. The number of H-pyrrole nitrogens is 1. The molecule has 10 nitrogen and oxygen atoms in total. The highest BCUT2D eigenvalue weighted by atomic mass is 35.5. The zero-order valence-electron chi connectivity index (χ0n) is 16.8. The summed E-state index contributed by atoms with van der Waals surface area (Å²) >= 11 is 6.28. The standard InChI is InChI=1S/C21H17ClN6O4/c1-2-31-15-10-12(18-19(20(23)29)26-27-25-18)8-9-14(15)32-16-11-24-28(21(30)17(16)22)13-6-4-3-5-7-13/h3-11H,2H2,1H3,(H2,23,29)(H,25,26,27). The second-order valence-electron chi connectivity index (χ2n) is 6.46. The van der Waals surface area contributed by atoms with Gasteiger partial charge in [-0.3, -0.25) is 9.59 Å². The van der Waals surface area contributed by atoms with Crippen LogP contribution in [0.3, 0.4) is 0 Å². The molecule has 0 saturated heterocycles. The average molecular weight is 453 g/mol. The van der Waals surface area contributed by atoms with Gasteiger partial charge in [-0.15, -0.1) is 0 Å². The summed E-state index contributed by atoms with van der Waals surface area (Å²) in [7, 11) is 0. The molecule has 0 radical (unpaired) electrons. The number of para-hydroxylation sites is 1. The lowest BCUT2D eigenvalue weighted by molar-refractivity contribution is 0.0996. The number of benzene rings is 2. The maximum absolute atomic E-state index is 12.7. The number of rotatable bonds is 7. The first-order valence-electron chi connectivity index (χ1n) is 9.48. The van der Waals surface area contributed by atoms with Crippen molar-refractivity contribution >= 4 is 17.5 Å². The van der Waals surface area contributed by atoms with E-state index in [1.807, 2.05) is 6.07 Å². The fourth-order valence-electron chi connectivity index (χ4n) is 2.97. The number of primary amides is 1. The van der Waals surface area contributed by atoms with Crippen molar-refractivity contribution in [3.63, 3.8) is 0 Å². The van der Waals surface area contributed by atoms with Crippen molar-refractivity contribution in [1.29, 1.82) is 0 Å². The maximum Gasteiger partial charge on any atom is 0.294 e. The molecule has 32 heavy (non-hydrogen) atoms. The molecule has 2 heterocycles. The van der Waals surface area contributed by atoms with Gasteiger partial charge in [0.25, 0.3) is 11.5 Å². The Bertz CT molecular complexity index is 1340. The molecule has 4 rings (SSSR count). The molecule has 162 valence electrons. The molecular weight excluding hydrogens is 436 g/mol. The molecule has 0 atom stereocenters. The first-order chi connectivity index (χ1) is 15.5. The summed E-state index contributed by atoms with van der Waals surface area (Å²) in [4.78, 5) is 24.3. The number of aromatic amines is 1. The molecule has 1 amide bonds. The number of amides is 1. The van der Waals surface area contributed by atoms with Crippen LogP contribution in [0.2, 0.25) is 5.02 Å². The van der Waals surface area contributed by atoms with Crippen LogP contribution in [-0.2, 0) is 0 Å². The number of halogens is 1. The Hall–Kier alpha value is -4.18. The van der Waals surface area contributed by atoms with E-state index in [0.29, 0.717) is 29.4 Å². The summed E-state index contributed by atoms with van der Waals surface area (Å²) in [6.45, 7) is 2.14. The second kappa shape index (κ2) is 8.90. The zero-order chi connectivity index (χ0) is 22.7. The molecule has 0 aliphatic rings. The van der Waals surface area contributed by atoms with Crippen molar-refractivity contribution in [1.82, 2.24) is 25.2 Å². The smallest absolute Gasteiger partial charge is 0.294 e. The van der Waals surface area contributed by atoms with Gasteiger partial charge in [-0.25, -0.2) is 0 Å². The van der Waals surface area contributed by atoms with E-state index < -0.39 is 11.5 Å². The number of hydrogen-bond donors (Lipinski definition) is 2. The monoisotopic (exact) mass is 452 g/mol. The molecule has 2 aromatic carbocycles. The second-order valence-corrected chi connectivity index (χ2v) is 6.83. The topological polar surface area (TPSA) is 138 Å². The predicted molar refractivity (Wildman–Crippen MR) is 116 cm³/mol. The first kappa shape index (κ1) is 21.1. The fourth-order valence-corrected chi connectivity index (χ4v) is 3.14. The fraction of sp³-hybridized carbons (Fsp3) is 0.0952. The molecule has 0 spiro atoms. The summed E-state index contributed by atoms with van der Waals surface area (Å²) < 4.78 is 12.7. The maximum atomic E-state index is 12.7. The number of carbonyl (C=O) groups is 1. The SMILES string of the molecule is CCOc1cc(-c2n[nH]nc2C(N)=O)ccc1Oc1cnn(-c2ccccc2)c(=O)c1Cl. The number of nitrogens with zero attached hydrogens (tertiary/aromatic N) is 4. The van der Waals surface area contributed by atoms with Crippen LogP contribution < -0.4 is 20.8 Å². The highest BCUT2D eigenvalue weighted by Gasteiger charge is 2.19. The van der Waals surface area contributed by atoms with E-state index in [0.717, 1.165) is 0 Å². The van der Waals surface area contributed by atoms with Crippen molar-refractivity contribution in [3.8, 4) is 34.2 Å². The van der Waals surface area contributed by atoms with Gasteiger partial charge in [0, 0.05) is 5.56 Å². The summed E-state index contributed by atoms with van der Waals surface area (Å²) in [6, 6.07) is 13.7. The van der Waals surface area contributed by atoms with Crippen LogP contribution in [0.5, 0.6) is 17.2 Å². The Labute approximate surface area is 186 Å². The third-order valence-corrected chi connectivity index (χ3v) is 4.75. The highest BCUT2D eigenvalue weighted by molar-refractivity contribution is 6.31. The molecule has 0 saturated carbocycles. The minimum Gasteiger partial charge on any atom is -0.490 e. The van der Waals surface area contributed by atoms with E-state index in [2.05, 4.69) is 20.5 Å². The minimum absolute atomic E-state index is 0.00196. The van der Waals surface area contributed by atoms with Crippen molar-refractivity contribution in [2.45, 2.75) is 6.92 Å². The van der Waals surface area contributed by atoms with Crippen LogP contribution in [0.25, 0.3) is 16.9 Å². The van der Waals surface area contributed by atoms with Gasteiger partial charge >= 0.3 is 0 Å². The lowest BCUT2D eigenvalue weighted by Crippen LogP contribution is -2.21. The van der Waals surface area contributed by atoms with Crippen molar-refractivity contribution < 1.29 is 14.3 Å². The summed E-state index contributed by atoms with van der Waals surface area (Å²) in [6.07, 6.45) is 1.35. The van der Waals surface area contributed by atoms with Gasteiger partial charge in [0.15, 0.2) is 28.0 Å². The molecule has 4 aromatic rings. The van der Waals surface area contributed by atoms with Gasteiger partial charge in [0.2, 0.25) is 0 Å². The van der Waals surface area contributed by atoms with E-state index in [1.165, 1.54) is 10.9 Å². The van der Waals surface area contributed by atoms with E-state index in [1.54, 1.807) is 49.4 Å². The lowest BCUT2D eigenvalue weighted by atomic mass is 10.1. The van der Waals surface area contributed by atoms with Crippen molar-refractivity contribution in [3.05, 3.63) is 75.8 Å². The van der Waals surface area contributed by atoms with Gasteiger partial charge in [-0.05, 0) is 37.3 Å². The number of aromatic nitrogens is 5. The minimum atomic E-state index is -0.719. The van der Waals surface area contributed by atoms with Crippen molar-refractivity contribution in [2.24, 2.45) is 5.73 Å². The first-order valence-corrected chi connectivity index (χ1v) is 9.86. The molecule has 2 aromatic heterocycles. The van der Waals surface area contributed by atoms with Crippen LogP contribution in [0, 0.1) is 0 Å². The molecule has 0 bridgehead atoms. The molecule has 0 aliphatic heterocycles. The number of hydrogen-bond acceptors (Lipinski definition) is 7. The van der Waals surface area contributed by atoms with Crippen LogP contribution in [0.1, 0.15) is 17.4 Å². The lowest BCUT2D eigenvalue weighted by Gasteiger charge is -2.14. The Morgan fingerprint density at radius 2 is 1.91 bits per heavy atom. The molecule has 3 N–H and O–H groups in total. The Kier molecular flexibility index (Phi) is 5.86. The number of ether oxygens (including phenoxy) is 2. The third kappa shape index (κ3) is 4.03. The normalized spacial score (nSPS) is 10.7.